The first kappa shape index (κ1) is 28.4. The Morgan fingerprint density at radius 1 is 1.15 bits per heavy atom. The highest BCUT2D eigenvalue weighted by atomic mass is 32.2. The number of alkyl halides is 2. The molecule has 8 nitrogen and oxygen atoms in total. The smallest absolute Gasteiger partial charge is 0.281 e. The van der Waals surface area contributed by atoms with Crippen molar-refractivity contribution in [3.63, 3.8) is 0 Å². The van der Waals surface area contributed by atoms with E-state index >= 15 is 4.39 Å². The largest absolute Gasteiger partial charge is 0.755 e. The lowest BCUT2D eigenvalue weighted by atomic mass is 10.1. The maximum atomic E-state index is 15.4. The van der Waals surface area contributed by atoms with Gasteiger partial charge in [-0.3, -0.25) is 13.3 Å². The standard InChI is InChI=1S/C25H22F4N4O4S2/c1-37-15-7-5-14(6-8-15)4-2-3-11-33(39(35)36)18-10-9-17(26)21(19(18)27)32-25(34)16-12-38-23-20(16)30-13-31-22(23)24(28)29/h5-10,12-13,24H,2-4,11H2,1H3,(H,32,34)(H,35,36)/p-1. The van der Waals surface area contributed by atoms with E-state index in [9.17, 15) is 26.7 Å². The molecule has 2 aromatic heterocycles. The first-order valence-corrected chi connectivity index (χ1v) is 13.4. The third-order valence-electron chi connectivity index (χ3n) is 5.83. The van der Waals surface area contributed by atoms with Crippen LogP contribution in [0.25, 0.3) is 10.2 Å². The van der Waals surface area contributed by atoms with E-state index < -0.39 is 52.3 Å². The minimum atomic E-state index is -2.91. The number of hydrogen-bond donors (Lipinski definition) is 1. The summed E-state index contributed by atoms with van der Waals surface area (Å²) in [6.07, 6.45) is -0.453. The van der Waals surface area contributed by atoms with Crippen LogP contribution >= 0.6 is 11.3 Å². The molecule has 1 N–H and O–H groups in total. The van der Waals surface area contributed by atoms with Gasteiger partial charge < -0.3 is 14.6 Å². The number of ether oxygens (including phenoxy) is 1. The Morgan fingerprint density at radius 3 is 2.56 bits per heavy atom. The average Bonchev–Trinajstić information content (AvgIpc) is 3.36. The van der Waals surface area contributed by atoms with E-state index in [2.05, 4.69) is 15.3 Å². The molecule has 0 aliphatic rings. The number of anilines is 2. The number of rotatable bonds is 11. The molecule has 39 heavy (non-hydrogen) atoms. The zero-order valence-corrected chi connectivity index (χ0v) is 22.0. The summed E-state index contributed by atoms with van der Waals surface area (Å²) in [5.41, 5.74) is -1.18. The second-order valence-electron chi connectivity index (χ2n) is 8.22. The van der Waals surface area contributed by atoms with Crippen molar-refractivity contribution in [2.75, 3.05) is 23.3 Å². The number of methoxy groups -OCH3 is 1. The molecule has 2 aromatic carbocycles. The highest BCUT2D eigenvalue weighted by Gasteiger charge is 2.24. The van der Waals surface area contributed by atoms with Crippen molar-refractivity contribution in [1.82, 2.24) is 9.97 Å². The number of nitrogens with one attached hydrogen (secondary N) is 1. The van der Waals surface area contributed by atoms with Crippen molar-refractivity contribution in [3.8, 4) is 5.75 Å². The predicted molar refractivity (Wildman–Crippen MR) is 139 cm³/mol. The monoisotopic (exact) mass is 581 g/mol. The van der Waals surface area contributed by atoms with Crippen LogP contribution < -0.4 is 14.4 Å². The van der Waals surface area contributed by atoms with Gasteiger partial charge in [-0.05, 0) is 49.1 Å². The molecular formula is C25H21F4N4O4S2-. The molecule has 206 valence electrons. The minimum Gasteiger partial charge on any atom is -0.755 e. The number of halogens is 4. The van der Waals surface area contributed by atoms with Gasteiger partial charge >= 0.3 is 0 Å². The Bertz CT molecular complexity index is 1500. The summed E-state index contributed by atoms with van der Waals surface area (Å²) < 4.78 is 86.0. The molecule has 4 rings (SSSR count). The number of benzene rings is 2. The number of aromatic nitrogens is 2. The van der Waals surface area contributed by atoms with Crippen molar-refractivity contribution in [3.05, 3.63) is 76.6 Å². The highest BCUT2D eigenvalue weighted by Crippen LogP contribution is 2.33. The van der Waals surface area contributed by atoms with Crippen LogP contribution in [-0.2, 0) is 17.7 Å². The number of nitrogens with zero attached hydrogens (tertiary/aromatic N) is 3. The molecule has 0 aliphatic heterocycles. The lowest BCUT2D eigenvalue weighted by Crippen LogP contribution is -2.28. The number of carbonyl (C=O) groups is 1. The van der Waals surface area contributed by atoms with Crippen LogP contribution in [0.3, 0.4) is 0 Å². The van der Waals surface area contributed by atoms with Gasteiger partial charge in [0.05, 0.1) is 28.6 Å². The third kappa shape index (κ3) is 6.34. The van der Waals surface area contributed by atoms with Crippen LogP contribution in [0.4, 0.5) is 28.9 Å². The van der Waals surface area contributed by atoms with Gasteiger partial charge in [-0.2, -0.15) is 0 Å². The van der Waals surface area contributed by atoms with Crippen molar-refractivity contribution in [1.29, 1.82) is 0 Å². The van der Waals surface area contributed by atoms with E-state index in [1.165, 1.54) is 5.38 Å². The molecule has 0 bridgehead atoms. The van der Waals surface area contributed by atoms with Crippen LogP contribution in [-0.4, -0.2) is 38.3 Å². The Balaban J connectivity index is 1.50. The minimum absolute atomic E-state index is 0.0325. The third-order valence-corrected chi connectivity index (χ3v) is 7.56. The van der Waals surface area contributed by atoms with Crippen LogP contribution in [0.5, 0.6) is 5.75 Å². The van der Waals surface area contributed by atoms with E-state index in [1.807, 2.05) is 24.3 Å². The molecular weight excluding hydrogens is 560 g/mol. The van der Waals surface area contributed by atoms with Gasteiger partial charge in [0.1, 0.15) is 29.3 Å². The van der Waals surface area contributed by atoms with Crippen molar-refractivity contribution < 1.29 is 35.9 Å². The van der Waals surface area contributed by atoms with Gasteiger partial charge in [-0.1, -0.05) is 12.1 Å². The number of carbonyl (C=O) groups excluding carboxylic acids is 1. The fraction of sp³-hybridized carbons (Fsp3) is 0.240. The SMILES string of the molecule is COc1ccc(CCCCN(c2ccc(F)c(NC(=O)c3csc4c(C(F)F)ncnc34)c2F)S(=O)[O-])cc1. The lowest BCUT2D eigenvalue weighted by molar-refractivity contribution is 0.102. The van der Waals surface area contributed by atoms with E-state index in [1.54, 1.807) is 7.11 Å². The van der Waals surface area contributed by atoms with Crippen LogP contribution in [0.2, 0.25) is 0 Å². The Morgan fingerprint density at radius 2 is 1.90 bits per heavy atom. The first-order valence-electron chi connectivity index (χ1n) is 11.5. The van der Waals surface area contributed by atoms with E-state index in [4.69, 9.17) is 4.74 Å². The molecule has 1 amide bonds. The zero-order chi connectivity index (χ0) is 28.1. The highest BCUT2D eigenvalue weighted by molar-refractivity contribution is 7.80. The van der Waals surface area contributed by atoms with Crippen molar-refractivity contribution in [2.45, 2.75) is 25.7 Å². The van der Waals surface area contributed by atoms with Gasteiger partial charge in [-0.15, -0.1) is 11.3 Å². The Kier molecular flexibility index (Phi) is 9.09. The summed E-state index contributed by atoms with van der Waals surface area (Å²) in [6, 6.07) is 9.17. The molecule has 1 atom stereocenters. The Labute approximate surface area is 227 Å². The molecule has 2 heterocycles. The van der Waals surface area contributed by atoms with Crippen LogP contribution in [0, 0.1) is 11.6 Å². The van der Waals surface area contributed by atoms with Gasteiger partial charge in [0.15, 0.2) is 5.82 Å². The number of aryl methyl sites for hydroxylation is 1. The molecule has 0 saturated heterocycles. The summed E-state index contributed by atoms with van der Waals surface area (Å²) in [7, 11) is 1.56. The predicted octanol–water partition coefficient (Wildman–Crippen LogP) is 5.79. The van der Waals surface area contributed by atoms with Gasteiger partial charge in [0, 0.05) is 23.2 Å². The maximum absolute atomic E-state index is 15.4. The number of thiophene rings is 1. The second kappa shape index (κ2) is 12.5. The fourth-order valence-corrected chi connectivity index (χ4v) is 5.44. The van der Waals surface area contributed by atoms with E-state index in [0.717, 1.165) is 39.7 Å². The molecule has 0 spiro atoms. The normalized spacial score (nSPS) is 12.1. The summed E-state index contributed by atoms with van der Waals surface area (Å²) in [5, 5.41) is 3.31. The number of amides is 1. The van der Waals surface area contributed by atoms with Gasteiger partial charge in [-0.25, -0.2) is 27.5 Å². The molecule has 0 aliphatic carbocycles. The number of hydrogen-bond acceptors (Lipinski definition) is 7. The summed E-state index contributed by atoms with van der Waals surface area (Å²) in [4.78, 5) is 20.2. The molecule has 4 aromatic rings. The maximum Gasteiger partial charge on any atom is 0.281 e. The van der Waals surface area contributed by atoms with E-state index in [-0.39, 0.29) is 22.3 Å². The van der Waals surface area contributed by atoms with Crippen LogP contribution in [0.15, 0.2) is 48.1 Å². The first-order chi connectivity index (χ1) is 18.7. The lowest BCUT2D eigenvalue weighted by Gasteiger charge is -2.27. The van der Waals surface area contributed by atoms with Gasteiger partial charge in [0.25, 0.3) is 12.3 Å². The fourth-order valence-electron chi connectivity index (χ4n) is 3.87. The van der Waals surface area contributed by atoms with Crippen molar-refractivity contribution in [2.24, 2.45) is 0 Å². The molecule has 0 radical (unpaired) electrons. The average molecular weight is 582 g/mol. The Hall–Kier alpha value is -3.62. The molecule has 0 saturated carbocycles. The summed E-state index contributed by atoms with van der Waals surface area (Å²) in [5.74, 6) is -2.75. The second-order valence-corrected chi connectivity index (χ2v) is 9.98. The summed E-state index contributed by atoms with van der Waals surface area (Å²) >= 11 is -2.10. The zero-order valence-electron chi connectivity index (χ0n) is 20.3. The number of fused-ring (bicyclic) bond motifs is 1. The topological polar surface area (TPSA) is 107 Å². The van der Waals surface area contributed by atoms with Crippen molar-refractivity contribution >= 4 is 50.1 Å². The molecule has 1 unspecified atom stereocenters. The summed E-state index contributed by atoms with van der Waals surface area (Å²) in [6.45, 7) is -0.0926. The quantitative estimate of drug-likeness (QED) is 0.137. The molecule has 0 fully saturated rings. The van der Waals surface area contributed by atoms with Crippen LogP contribution in [0.1, 0.15) is 40.9 Å². The van der Waals surface area contributed by atoms with E-state index in [0.29, 0.717) is 25.0 Å². The van der Waals surface area contributed by atoms with Gasteiger partial charge in [0.2, 0.25) is 0 Å². The molecule has 14 heteroatoms. The number of unbranched alkanes of at least 4 members (excludes halogenated alkanes) is 1.